The quantitative estimate of drug-likeness (QED) is 0.861. The Bertz CT molecular complexity index is 528. The highest BCUT2D eigenvalue weighted by Crippen LogP contribution is 2.26. The fraction of sp³-hybridized carbons (Fsp3) is 0.333. The van der Waals surface area contributed by atoms with Gasteiger partial charge in [-0.05, 0) is 50.1 Å². The van der Waals surface area contributed by atoms with Crippen molar-refractivity contribution in [1.82, 2.24) is 0 Å². The molecule has 0 amide bonds. The molecule has 106 valence electrons. The normalized spacial score (nSPS) is 12.2. The Morgan fingerprint density at radius 3 is 1.85 bits per heavy atom. The largest absolute Gasteiger partial charge is 0.342 e. The van der Waals surface area contributed by atoms with Gasteiger partial charge < -0.3 is 10.6 Å². The molecule has 0 aliphatic carbocycles. The molecule has 0 unspecified atom stereocenters. The molecule has 2 rings (SSSR count). The van der Waals surface area contributed by atoms with Crippen LogP contribution in [0.2, 0.25) is 0 Å². The minimum Gasteiger partial charge on any atom is -0.342 e. The average Bonchev–Trinajstić information content (AvgIpc) is 2.50. The van der Waals surface area contributed by atoms with Crippen molar-refractivity contribution in [3.8, 4) is 0 Å². The van der Waals surface area contributed by atoms with Crippen LogP contribution in [0.4, 0.5) is 11.4 Å². The van der Waals surface area contributed by atoms with E-state index in [4.69, 9.17) is 5.73 Å². The first kappa shape index (κ1) is 14.6. The number of rotatable bonds is 5. The van der Waals surface area contributed by atoms with Gasteiger partial charge in [-0.2, -0.15) is 0 Å². The first-order valence-electron chi connectivity index (χ1n) is 7.35. The van der Waals surface area contributed by atoms with Crippen molar-refractivity contribution in [3.63, 3.8) is 0 Å². The predicted molar refractivity (Wildman–Crippen MR) is 87.5 cm³/mol. The van der Waals surface area contributed by atoms with E-state index in [9.17, 15) is 0 Å². The Kier molecular flexibility index (Phi) is 4.80. The molecule has 2 nitrogen and oxygen atoms in total. The van der Waals surface area contributed by atoms with E-state index in [2.05, 4.69) is 74.2 Å². The van der Waals surface area contributed by atoms with Gasteiger partial charge in [0.2, 0.25) is 0 Å². The third-order valence-electron chi connectivity index (χ3n) is 3.73. The Labute approximate surface area is 122 Å². The first-order valence-corrected chi connectivity index (χ1v) is 7.35. The number of aryl methyl sites for hydroxylation is 1. The summed E-state index contributed by atoms with van der Waals surface area (Å²) in [6.07, 6.45) is 0.967. The van der Waals surface area contributed by atoms with Gasteiger partial charge >= 0.3 is 0 Å². The minimum absolute atomic E-state index is 0.138. The summed E-state index contributed by atoms with van der Waals surface area (Å²) in [5, 5.41) is 0. The molecule has 0 aliphatic heterocycles. The van der Waals surface area contributed by atoms with Crippen LogP contribution in [-0.4, -0.2) is 6.54 Å². The van der Waals surface area contributed by atoms with Crippen LogP contribution in [0, 0.1) is 6.92 Å². The van der Waals surface area contributed by atoms with Gasteiger partial charge in [0.15, 0.2) is 0 Å². The van der Waals surface area contributed by atoms with Crippen LogP contribution >= 0.6 is 0 Å². The van der Waals surface area contributed by atoms with E-state index < -0.39 is 0 Å². The fourth-order valence-corrected chi connectivity index (χ4v) is 2.38. The van der Waals surface area contributed by atoms with Crippen LogP contribution in [0.3, 0.4) is 0 Å². The molecule has 0 spiro atoms. The summed E-state index contributed by atoms with van der Waals surface area (Å²) in [6, 6.07) is 17.4. The van der Waals surface area contributed by atoms with Crippen molar-refractivity contribution in [2.45, 2.75) is 33.2 Å². The van der Waals surface area contributed by atoms with Gasteiger partial charge in [-0.15, -0.1) is 0 Å². The second-order valence-corrected chi connectivity index (χ2v) is 5.19. The molecular weight excluding hydrogens is 244 g/mol. The van der Waals surface area contributed by atoms with Gasteiger partial charge in [-0.1, -0.05) is 36.8 Å². The molecule has 0 bridgehead atoms. The van der Waals surface area contributed by atoms with Gasteiger partial charge in [-0.3, -0.25) is 0 Å². The first-order chi connectivity index (χ1) is 9.65. The van der Waals surface area contributed by atoms with Gasteiger partial charge in [0.25, 0.3) is 0 Å². The summed E-state index contributed by atoms with van der Waals surface area (Å²) >= 11 is 0. The highest BCUT2D eigenvalue weighted by atomic mass is 15.1. The topological polar surface area (TPSA) is 29.3 Å². The van der Waals surface area contributed by atoms with E-state index >= 15 is 0 Å². The van der Waals surface area contributed by atoms with Gasteiger partial charge in [0.1, 0.15) is 0 Å². The van der Waals surface area contributed by atoms with Gasteiger partial charge in [0.05, 0.1) is 0 Å². The van der Waals surface area contributed by atoms with E-state index in [1.807, 2.05) is 0 Å². The second kappa shape index (κ2) is 6.58. The number of nitrogens with two attached hydrogens (primary N) is 1. The standard InChI is InChI=1S/C18H24N2/c1-4-18(19)15-8-12-17(13-9-15)20(5-2)16-10-6-14(3)7-11-16/h6-13,18H,4-5,19H2,1-3H3/t18-/m1/s1. The lowest BCUT2D eigenvalue weighted by Crippen LogP contribution is -2.16. The molecule has 2 N–H and O–H groups in total. The molecule has 0 saturated heterocycles. The van der Waals surface area contributed by atoms with Crippen molar-refractivity contribution in [2.24, 2.45) is 5.73 Å². The van der Waals surface area contributed by atoms with Crippen LogP contribution in [0.1, 0.15) is 37.4 Å². The summed E-state index contributed by atoms with van der Waals surface area (Å²) in [6.45, 7) is 7.35. The molecule has 0 heterocycles. The average molecular weight is 268 g/mol. The molecule has 0 saturated carbocycles. The fourth-order valence-electron chi connectivity index (χ4n) is 2.38. The van der Waals surface area contributed by atoms with Crippen molar-refractivity contribution in [1.29, 1.82) is 0 Å². The Morgan fingerprint density at radius 2 is 1.40 bits per heavy atom. The van der Waals surface area contributed by atoms with Crippen molar-refractivity contribution < 1.29 is 0 Å². The maximum atomic E-state index is 6.07. The molecule has 0 fully saturated rings. The molecule has 0 aromatic heterocycles. The van der Waals surface area contributed by atoms with Crippen LogP contribution in [-0.2, 0) is 0 Å². The molecule has 1 atom stereocenters. The third-order valence-corrected chi connectivity index (χ3v) is 3.73. The SMILES string of the molecule is CC[C@@H](N)c1ccc(N(CC)c2ccc(C)cc2)cc1. The molecule has 2 aromatic rings. The lowest BCUT2D eigenvalue weighted by Gasteiger charge is -2.24. The summed E-state index contributed by atoms with van der Waals surface area (Å²) < 4.78 is 0. The van der Waals surface area contributed by atoms with Crippen molar-refractivity contribution in [2.75, 3.05) is 11.4 Å². The zero-order chi connectivity index (χ0) is 14.5. The number of nitrogens with zero attached hydrogens (tertiary/aromatic N) is 1. The molecule has 2 aromatic carbocycles. The molecule has 0 radical (unpaired) electrons. The Morgan fingerprint density at radius 1 is 0.900 bits per heavy atom. The van der Waals surface area contributed by atoms with E-state index in [-0.39, 0.29) is 6.04 Å². The van der Waals surface area contributed by atoms with Gasteiger partial charge in [0, 0.05) is 24.0 Å². The Balaban J connectivity index is 2.25. The zero-order valence-corrected chi connectivity index (χ0v) is 12.6. The third kappa shape index (κ3) is 3.20. The smallest absolute Gasteiger partial charge is 0.0410 e. The number of hydrogen-bond donors (Lipinski definition) is 1. The molecular formula is C18H24N2. The van der Waals surface area contributed by atoms with Crippen LogP contribution in [0.25, 0.3) is 0 Å². The lowest BCUT2D eigenvalue weighted by molar-refractivity contribution is 0.698. The monoisotopic (exact) mass is 268 g/mol. The Hall–Kier alpha value is -1.80. The van der Waals surface area contributed by atoms with E-state index in [0.717, 1.165) is 13.0 Å². The maximum Gasteiger partial charge on any atom is 0.0410 e. The van der Waals surface area contributed by atoms with Crippen LogP contribution < -0.4 is 10.6 Å². The number of hydrogen-bond acceptors (Lipinski definition) is 2. The molecule has 20 heavy (non-hydrogen) atoms. The maximum absolute atomic E-state index is 6.07. The summed E-state index contributed by atoms with van der Waals surface area (Å²) in [5.41, 5.74) is 11.0. The molecule has 2 heteroatoms. The van der Waals surface area contributed by atoms with Crippen LogP contribution in [0.5, 0.6) is 0 Å². The van der Waals surface area contributed by atoms with Crippen molar-refractivity contribution in [3.05, 3.63) is 59.7 Å². The highest BCUT2D eigenvalue weighted by molar-refractivity contribution is 5.63. The van der Waals surface area contributed by atoms with Gasteiger partial charge in [-0.25, -0.2) is 0 Å². The van der Waals surface area contributed by atoms with E-state index in [1.54, 1.807) is 0 Å². The summed E-state index contributed by atoms with van der Waals surface area (Å²) in [7, 11) is 0. The predicted octanol–water partition coefficient (Wildman–Crippen LogP) is 4.56. The molecule has 0 aliphatic rings. The summed E-state index contributed by atoms with van der Waals surface area (Å²) in [5.74, 6) is 0. The van der Waals surface area contributed by atoms with Crippen molar-refractivity contribution >= 4 is 11.4 Å². The van der Waals surface area contributed by atoms with Crippen LogP contribution in [0.15, 0.2) is 48.5 Å². The summed E-state index contributed by atoms with van der Waals surface area (Å²) in [4.78, 5) is 2.31. The second-order valence-electron chi connectivity index (χ2n) is 5.19. The van der Waals surface area contributed by atoms with E-state index in [0.29, 0.717) is 0 Å². The zero-order valence-electron chi connectivity index (χ0n) is 12.6. The minimum atomic E-state index is 0.138. The lowest BCUT2D eigenvalue weighted by atomic mass is 10.0. The highest BCUT2D eigenvalue weighted by Gasteiger charge is 2.08. The van der Waals surface area contributed by atoms with E-state index in [1.165, 1.54) is 22.5 Å². The number of benzene rings is 2. The number of anilines is 2.